The van der Waals surface area contributed by atoms with Crippen LogP contribution in [0.15, 0.2) is 188 Å². The highest BCUT2D eigenvalue weighted by Gasteiger charge is 2.37. The molecule has 0 atom stereocenters. The summed E-state index contributed by atoms with van der Waals surface area (Å²) >= 11 is 0. The van der Waals surface area contributed by atoms with E-state index in [1.807, 2.05) is 0 Å². The van der Waals surface area contributed by atoms with Crippen LogP contribution in [0.25, 0.3) is 121 Å². The Kier molecular flexibility index (Phi) is 6.36. The van der Waals surface area contributed by atoms with Gasteiger partial charge in [-0.2, -0.15) is 0 Å². The van der Waals surface area contributed by atoms with Gasteiger partial charge in [-0.15, -0.1) is 0 Å². The van der Waals surface area contributed by atoms with Crippen molar-refractivity contribution in [1.29, 1.82) is 0 Å². The van der Waals surface area contributed by atoms with E-state index in [0.717, 1.165) is 0 Å². The van der Waals surface area contributed by atoms with Crippen molar-refractivity contribution in [2.45, 2.75) is 6.92 Å². The second-order valence-electron chi connectivity index (χ2n) is 15.1. The summed E-state index contributed by atoms with van der Waals surface area (Å²) in [5, 5.41) is 7.90. The second kappa shape index (κ2) is 11.5. The lowest BCUT2D eigenvalue weighted by Gasteiger charge is -2.21. The van der Waals surface area contributed by atoms with Crippen molar-refractivity contribution in [2.75, 3.05) is 0 Å². The Morgan fingerprint density at radius 1 is 0.236 bits per heavy atom. The van der Waals surface area contributed by atoms with Crippen LogP contribution in [0.5, 0.6) is 0 Å². The number of fused-ring (bicyclic) bond motifs is 8. The van der Waals surface area contributed by atoms with Crippen LogP contribution in [-0.2, 0) is 0 Å². The summed E-state index contributed by atoms with van der Waals surface area (Å²) < 4.78 is 0. The molecule has 0 N–H and O–H groups in total. The Morgan fingerprint density at radius 3 is 0.873 bits per heavy atom. The fourth-order valence-corrected chi connectivity index (χ4v) is 10.1. The van der Waals surface area contributed by atoms with Crippen LogP contribution >= 0.6 is 0 Å². The molecule has 0 radical (unpaired) electrons. The molecule has 0 aromatic heterocycles. The minimum absolute atomic E-state index is 1.25. The Bertz CT molecular complexity index is 3120. The van der Waals surface area contributed by atoms with Gasteiger partial charge in [-0.1, -0.05) is 194 Å². The molecule has 0 amide bonds. The Morgan fingerprint density at radius 2 is 0.527 bits per heavy atom. The molecule has 2 aliphatic carbocycles. The highest BCUT2D eigenvalue weighted by atomic mass is 14.4. The van der Waals surface area contributed by atoms with E-state index in [1.165, 1.54) is 127 Å². The zero-order valence-electron chi connectivity index (χ0n) is 30.4. The van der Waals surface area contributed by atoms with Crippen LogP contribution in [0, 0.1) is 6.92 Å². The third kappa shape index (κ3) is 4.17. The van der Waals surface area contributed by atoms with Crippen LogP contribution in [0.4, 0.5) is 0 Å². The van der Waals surface area contributed by atoms with Gasteiger partial charge in [-0.3, -0.25) is 0 Å². The summed E-state index contributed by atoms with van der Waals surface area (Å²) in [5.74, 6) is 0. The molecular weight excluding hydrogens is 661 g/mol. The maximum absolute atomic E-state index is 2.45. The summed E-state index contributed by atoms with van der Waals surface area (Å²) in [4.78, 5) is 0. The predicted octanol–water partition coefficient (Wildman–Crippen LogP) is 15.4. The molecule has 0 unspecified atom stereocenters. The second-order valence-corrected chi connectivity index (χ2v) is 15.1. The van der Waals surface area contributed by atoms with E-state index in [9.17, 15) is 0 Å². The molecule has 10 aromatic carbocycles. The van der Waals surface area contributed by atoms with Gasteiger partial charge in [0.15, 0.2) is 0 Å². The van der Waals surface area contributed by atoms with Gasteiger partial charge >= 0.3 is 0 Å². The molecular formula is C55H34. The topological polar surface area (TPSA) is 0 Å². The normalized spacial score (nSPS) is 12.1. The number of hydrogen-bond acceptors (Lipinski definition) is 0. The van der Waals surface area contributed by atoms with Crippen molar-refractivity contribution in [3.8, 4) is 89.0 Å². The van der Waals surface area contributed by atoms with Gasteiger partial charge in [0.05, 0.1) is 0 Å². The fraction of sp³-hybridized carbons (Fsp3) is 0.0182. The van der Waals surface area contributed by atoms with E-state index in [4.69, 9.17) is 0 Å². The maximum atomic E-state index is 2.45. The fourth-order valence-electron chi connectivity index (χ4n) is 10.1. The molecule has 0 saturated carbocycles. The van der Waals surface area contributed by atoms with Crippen LogP contribution in [0.2, 0.25) is 0 Å². The third-order valence-corrected chi connectivity index (χ3v) is 12.2. The molecule has 0 nitrogen and oxygen atoms in total. The summed E-state index contributed by atoms with van der Waals surface area (Å²) in [6.45, 7) is 2.22. The molecule has 0 bridgehead atoms. The summed E-state index contributed by atoms with van der Waals surface area (Å²) in [5.41, 5.74) is 22.2. The molecule has 0 fully saturated rings. The van der Waals surface area contributed by atoms with Gasteiger partial charge in [0.25, 0.3) is 0 Å². The van der Waals surface area contributed by atoms with Crippen molar-refractivity contribution < 1.29 is 0 Å². The van der Waals surface area contributed by atoms with E-state index >= 15 is 0 Å². The van der Waals surface area contributed by atoms with Crippen molar-refractivity contribution in [3.63, 3.8) is 0 Å². The summed E-state index contributed by atoms with van der Waals surface area (Å²) in [7, 11) is 0. The van der Waals surface area contributed by atoms with Crippen molar-refractivity contribution in [2.24, 2.45) is 0 Å². The number of rotatable bonds is 4. The van der Waals surface area contributed by atoms with Crippen LogP contribution in [0.1, 0.15) is 5.56 Å². The lowest BCUT2D eigenvalue weighted by atomic mass is 9.81. The molecule has 55 heavy (non-hydrogen) atoms. The summed E-state index contributed by atoms with van der Waals surface area (Å²) in [6, 6.07) is 70.0. The predicted molar refractivity (Wildman–Crippen MR) is 234 cm³/mol. The highest BCUT2D eigenvalue weighted by molar-refractivity contribution is 6.35. The molecule has 0 spiro atoms. The smallest absolute Gasteiger partial charge is 0.000740 e. The lowest BCUT2D eigenvalue weighted by molar-refractivity contribution is 1.50. The van der Waals surface area contributed by atoms with Gasteiger partial charge in [0.2, 0.25) is 0 Å². The SMILES string of the molecule is Cc1ccc2c(-c3ccccc3)c3c(c(-c4ccccc4)c2c1)-c1ccc2c4c(ccc-3c14)-c1c-2c(-c2ccccc2)c2ccccc2c1-c1ccccc1. The Hall–Kier alpha value is -7.02. The average molecular weight is 695 g/mol. The first kappa shape index (κ1) is 30.4. The zero-order chi connectivity index (χ0) is 36.2. The molecule has 0 heterocycles. The lowest BCUT2D eigenvalue weighted by Crippen LogP contribution is -1.94. The van der Waals surface area contributed by atoms with Crippen molar-refractivity contribution in [3.05, 3.63) is 194 Å². The van der Waals surface area contributed by atoms with Gasteiger partial charge < -0.3 is 0 Å². The van der Waals surface area contributed by atoms with Gasteiger partial charge in [0.1, 0.15) is 0 Å². The number of hydrogen-bond donors (Lipinski definition) is 0. The Balaban J connectivity index is 1.28. The van der Waals surface area contributed by atoms with Crippen molar-refractivity contribution in [1.82, 2.24) is 0 Å². The van der Waals surface area contributed by atoms with Crippen molar-refractivity contribution >= 4 is 32.3 Å². The van der Waals surface area contributed by atoms with Crippen LogP contribution in [-0.4, -0.2) is 0 Å². The molecule has 2 aliphatic rings. The summed E-state index contributed by atoms with van der Waals surface area (Å²) in [6.07, 6.45) is 0. The molecule has 0 saturated heterocycles. The maximum Gasteiger partial charge on any atom is -0.000740 e. The first-order chi connectivity index (χ1) is 27.3. The van der Waals surface area contributed by atoms with E-state index in [1.54, 1.807) is 0 Å². The zero-order valence-corrected chi connectivity index (χ0v) is 30.4. The van der Waals surface area contributed by atoms with E-state index in [0.29, 0.717) is 0 Å². The Labute approximate surface area is 320 Å². The first-order valence-corrected chi connectivity index (χ1v) is 19.3. The van der Waals surface area contributed by atoms with Gasteiger partial charge in [-0.25, -0.2) is 0 Å². The molecule has 254 valence electrons. The quantitative estimate of drug-likeness (QED) is 0.172. The third-order valence-electron chi connectivity index (χ3n) is 12.2. The van der Waals surface area contributed by atoms with E-state index in [2.05, 4.69) is 195 Å². The standard InChI is InChI=1S/C55H34/c1-33-26-27-40-45(32-33)49(37-22-12-5-13-23-37)55-44-31-30-42-50-41(28-29-43(51(44)50)54(55)48(40)36-20-10-4-11-21-36)52-46(34-16-6-2-7-17-34)38-24-14-15-25-39(38)47(53(42)52)35-18-8-3-9-19-35/h2-32H,1H3. The molecule has 0 aliphatic heterocycles. The van der Waals surface area contributed by atoms with Gasteiger partial charge in [-0.05, 0) is 128 Å². The minimum Gasteiger partial charge on any atom is -0.0622 e. The number of aryl methyl sites for hydroxylation is 1. The molecule has 0 heteroatoms. The van der Waals surface area contributed by atoms with Crippen LogP contribution < -0.4 is 0 Å². The van der Waals surface area contributed by atoms with Crippen LogP contribution in [0.3, 0.4) is 0 Å². The largest absolute Gasteiger partial charge is 0.0622 e. The van der Waals surface area contributed by atoms with E-state index in [-0.39, 0.29) is 0 Å². The molecule has 12 rings (SSSR count). The monoisotopic (exact) mass is 694 g/mol. The minimum atomic E-state index is 1.25. The highest BCUT2D eigenvalue weighted by Crippen LogP contribution is 2.64. The van der Waals surface area contributed by atoms with E-state index < -0.39 is 0 Å². The van der Waals surface area contributed by atoms with Gasteiger partial charge in [0, 0.05) is 0 Å². The number of benzene rings is 10. The average Bonchev–Trinajstić information content (AvgIpc) is 3.75. The molecule has 10 aromatic rings. The first-order valence-electron chi connectivity index (χ1n) is 19.3.